The van der Waals surface area contributed by atoms with Crippen molar-refractivity contribution in [2.24, 2.45) is 11.8 Å². The van der Waals surface area contributed by atoms with E-state index < -0.39 is 5.97 Å². The van der Waals surface area contributed by atoms with Gasteiger partial charge in [0.2, 0.25) is 0 Å². The molecule has 0 fully saturated rings. The number of ketones is 1. The number of carbonyl (C=O) groups is 2. The van der Waals surface area contributed by atoms with Crippen molar-refractivity contribution < 1.29 is 14.7 Å². The van der Waals surface area contributed by atoms with Crippen LogP contribution in [0.3, 0.4) is 0 Å². The molecule has 0 spiro atoms. The van der Waals surface area contributed by atoms with Crippen LogP contribution < -0.4 is 5.32 Å². The highest BCUT2D eigenvalue weighted by Crippen LogP contribution is 2.33. The zero-order valence-corrected chi connectivity index (χ0v) is 27.9. The van der Waals surface area contributed by atoms with Gasteiger partial charge in [0.25, 0.3) is 0 Å². The second-order valence-electron chi connectivity index (χ2n) is 13.5. The van der Waals surface area contributed by atoms with Gasteiger partial charge in [-0.1, -0.05) is 89.2 Å². The number of pyridine rings is 1. The Balaban J connectivity index is 1.44. The normalized spacial score (nSPS) is 12.3. The fourth-order valence-corrected chi connectivity index (χ4v) is 6.63. The van der Waals surface area contributed by atoms with Gasteiger partial charge in [0.15, 0.2) is 5.78 Å². The van der Waals surface area contributed by atoms with Gasteiger partial charge in [0.1, 0.15) is 0 Å². The highest BCUT2D eigenvalue weighted by Gasteiger charge is 2.25. The van der Waals surface area contributed by atoms with Gasteiger partial charge in [-0.15, -0.1) is 0 Å². The summed E-state index contributed by atoms with van der Waals surface area (Å²) in [5.74, 6) is 0.0342. The summed E-state index contributed by atoms with van der Waals surface area (Å²) >= 11 is 0. The molecule has 5 rings (SSSR count). The third kappa shape index (κ3) is 7.42. The summed E-state index contributed by atoms with van der Waals surface area (Å²) in [5.41, 5.74) is 9.66. The number of carbonyl (C=O) groups excluding carboxylic acids is 1. The lowest BCUT2D eigenvalue weighted by molar-refractivity contribution is -0.137. The first-order valence-electron chi connectivity index (χ1n) is 16.4. The van der Waals surface area contributed by atoms with Gasteiger partial charge in [-0.2, -0.15) is 0 Å². The van der Waals surface area contributed by atoms with Crippen molar-refractivity contribution in [3.63, 3.8) is 0 Å². The average Bonchev–Trinajstić information content (AvgIpc) is 3.31. The molecule has 2 heterocycles. The number of aliphatic carboxylic acids is 1. The van der Waals surface area contributed by atoms with Crippen LogP contribution in [0.2, 0.25) is 0 Å². The van der Waals surface area contributed by atoms with Gasteiger partial charge >= 0.3 is 5.97 Å². The van der Waals surface area contributed by atoms with Crippen LogP contribution >= 0.6 is 0 Å². The SMILES string of the molecule is Cc1c(C(=O)c2ccc(NC(c3ccc(CC(C)C)cc3)c3ccc(CC(C)C)cc3)cc2)c2ccccn2c1C(C)CC(=O)O. The third-order valence-electron chi connectivity index (χ3n) is 8.68. The largest absolute Gasteiger partial charge is 0.481 e. The van der Waals surface area contributed by atoms with Crippen LogP contribution in [0.25, 0.3) is 5.52 Å². The number of aromatic nitrogens is 1. The maximum atomic E-state index is 14.0. The molecule has 0 aliphatic carbocycles. The highest BCUT2D eigenvalue weighted by molar-refractivity contribution is 6.14. The van der Waals surface area contributed by atoms with Gasteiger partial charge in [0, 0.05) is 29.1 Å². The van der Waals surface area contributed by atoms with Crippen LogP contribution in [-0.4, -0.2) is 21.3 Å². The maximum Gasteiger partial charge on any atom is 0.304 e. The van der Waals surface area contributed by atoms with E-state index in [0.29, 0.717) is 23.0 Å². The Bertz CT molecular complexity index is 1740. The van der Waals surface area contributed by atoms with Crippen molar-refractivity contribution in [1.29, 1.82) is 0 Å². The molecule has 0 radical (unpaired) electrons. The molecule has 2 N–H and O–H groups in total. The smallest absolute Gasteiger partial charge is 0.304 e. The van der Waals surface area contributed by atoms with Crippen LogP contribution in [0.4, 0.5) is 5.69 Å². The van der Waals surface area contributed by atoms with E-state index in [4.69, 9.17) is 0 Å². The zero-order chi connectivity index (χ0) is 33.0. The Hall–Kier alpha value is -4.64. The lowest BCUT2D eigenvalue weighted by atomic mass is 9.93. The first-order valence-corrected chi connectivity index (χ1v) is 16.4. The Morgan fingerprint density at radius 2 is 1.28 bits per heavy atom. The molecule has 5 nitrogen and oxygen atoms in total. The Morgan fingerprint density at radius 1 is 0.739 bits per heavy atom. The van der Waals surface area contributed by atoms with Crippen LogP contribution in [0.1, 0.15) is 102 Å². The summed E-state index contributed by atoms with van der Waals surface area (Å²) in [7, 11) is 0. The number of anilines is 1. The lowest BCUT2D eigenvalue weighted by Crippen LogP contribution is -2.13. The van der Waals surface area contributed by atoms with Gasteiger partial charge in [-0.25, -0.2) is 0 Å². The second-order valence-corrected chi connectivity index (χ2v) is 13.5. The van der Waals surface area contributed by atoms with Crippen molar-refractivity contribution in [2.45, 2.75) is 72.8 Å². The van der Waals surface area contributed by atoms with Crippen molar-refractivity contribution in [2.75, 3.05) is 5.32 Å². The number of hydrogen-bond acceptors (Lipinski definition) is 3. The topological polar surface area (TPSA) is 70.8 Å². The van der Waals surface area contributed by atoms with Gasteiger partial charge in [0.05, 0.1) is 23.5 Å². The summed E-state index contributed by atoms with van der Waals surface area (Å²) in [5, 5.41) is 13.2. The standard InChI is InChI=1S/C41H46N2O3/c1-26(2)23-30-10-14-32(15-11-30)39(33-16-12-31(13-17-33)24-27(3)4)42-35-20-18-34(19-21-35)41(46)38-29(6)40(28(5)25-37(44)45)43-22-8-7-9-36(38)43/h7-22,26-28,39,42H,23-25H2,1-6H3,(H,44,45). The maximum absolute atomic E-state index is 14.0. The van der Waals surface area contributed by atoms with Crippen molar-refractivity contribution in [1.82, 2.24) is 4.40 Å². The second kappa shape index (κ2) is 14.2. The molecule has 238 valence electrons. The first kappa shape index (κ1) is 32.7. The fourth-order valence-electron chi connectivity index (χ4n) is 6.63. The molecule has 0 bridgehead atoms. The predicted molar refractivity (Wildman–Crippen MR) is 188 cm³/mol. The Morgan fingerprint density at radius 3 is 1.78 bits per heavy atom. The molecule has 1 atom stereocenters. The minimum atomic E-state index is -0.856. The summed E-state index contributed by atoms with van der Waals surface area (Å²) < 4.78 is 1.97. The molecular formula is C41H46N2O3. The minimum absolute atomic E-state index is 0.00207. The monoisotopic (exact) mass is 614 g/mol. The molecule has 0 amide bonds. The molecule has 0 saturated carbocycles. The number of rotatable bonds is 13. The van der Waals surface area contributed by atoms with Gasteiger partial charge in [-0.05, 0) is 95.8 Å². The van der Waals surface area contributed by atoms with Crippen molar-refractivity contribution in [3.8, 4) is 0 Å². The molecule has 2 aromatic heterocycles. The highest BCUT2D eigenvalue weighted by atomic mass is 16.4. The van der Waals surface area contributed by atoms with Crippen LogP contribution in [0.5, 0.6) is 0 Å². The van der Waals surface area contributed by atoms with Crippen LogP contribution in [0, 0.1) is 18.8 Å². The van der Waals surface area contributed by atoms with E-state index in [1.807, 2.05) is 66.9 Å². The molecule has 1 unspecified atom stereocenters. The average molecular weight is 615 g/mol. The summed E-state index contributed by atoms with van der Waals surface area (Å²) in [6.45, 7) is 12.8. The Kier molecular flexibility index (Phi) is 10.1. The summed E-state index contributed by atoms with van der Waals surface area (Å²) in [4.78, 5) is 25.5. The van der Waals surface area contributed by atoms with Gasteiger partial charge in [-0.3, -0.25) is 9.59 Å². The van der Waals surface area contributed by atoms with E-state index in [9.17, 15) is 14.7 Å². The third-order valence-corrected chi connectivity index (χ3v) is 8.68. The number of nitrogens with zero attached hydrogens (tertiary/aromatic N) is 1. The van der Waals surface area contributed by atoms with E-state index in [1.54, 1.807) is 0 Å². The molecule has 3 aromatic carbocycles. The molecule has 0 saturated heterocycles. The minimum Gasteiger partial charge on any atom is -0.481 e. The molecule has 46 heavy (non-hydrogen) atoms. The zero-order valence-electron chi connectivity index (χ0n) is 27.9. The quantitative estimate of drug-likeness (QED) is 0.130. The molecule has 5 heteroatoms. The lowest BCUT2D eigenvalue weighted by Gasteiger charge is -2.22. The summed E-state index contributed by atoms with van der Waals surface area (Å²) in [6, 6.07) is 31.2. The van der Waals surface area contributed by atoms with Crippen molar-refractivity contribution >= 4 is 23.0 Å². The molecule has 0 aliphatic heterocycles. The number of nitrogens with one attached hydrogen (secondary N) is 1. The van der Waals surface area contributed by atoms with E-state index in [0.717, 1.165) is 35.3 Å². The molecule has 0 aliphatic rings. The number of hydrogen-bond donors (Lipinski definition) is 2. The van der Waals surface area contributed by atoms with E-state index in [1.165, 1.54) is 22.3 Å². The Labute approximate surface area is 273 Å². The number of fused-ring (bicyclic) bond motifs is 1. The molecule has 5 aromatic rings. The number of carboxylic acid groups (broad SMARTS) is 1. The number of benzene rings is 3. The summed E-state index contributed by atoms with van der Waals surface area (Å²) in [6.07, 6.45) is 4.01. The van der Waals surface area contributed by atoms with E-state index >= 15 is 0 Å². The number of carboxylic acids is 1. The van der Waals surface area contributed by atoms with E-state index in [2.05, 4.69) is 81.5 Å². The van der Waals surface area contributed by atoms with Crippen LogP contribution in [-0.2, 0) is 17.6 Å². The first-order chi connectivity index (χ1) is 22.0. The van der Waals surface area contributed by atoms with Crippen LogP contribution in [0.15, 0.2) is 97.2 Å². The molecular weight excluding hydrogens is 568 g/mol. The predicted octanol–water partition coefficient (Wildman–Crippen LogP) is 9.66. The fraction of sp³-hybridized carbons (Fsp3) is 0.317. The van der Waals surface area contributed by atoms with Gasteiger partial charge < -0.3 is 14.8 Å². The van der Waals surface area contributed by atoms with Crippen molar-refractivity contribution in [3.05, 3.63) is 142 Å². The van der Waals surface area contributed by atoms with E-state index in [-0.39, 0.29) is 24.2 Å².